The molecule has 116 valence electrons. The van der Waals surface area contributed by atoms with Crippen LogP contribution in [0.15, 0.2) is 29.2 Å². The molecule has 1 aromatic carbocycles. The summed E-state index contributed by atoms with van der Waals surface area (Å²) in [6, 6.07) is 4.84. The maximum absolute atomic E-state index is 13.2. The second kappa shape index (κ2) is 5.64. The van der Waals surface area contributed by atoms with Gasteiger partial charge in [-0.25, -0.2) is 12.8 Å². The second-order valence-electron chi connectivity index (χ2n) is 5.66. The van der Waals surface area contributed by atoms with Gasteiger partial charge in [-0.2, -0.15) is 4.31 Å². The predicted octanol–water partition coefficient (Wildman–Crippen LogP) is 0.655. The molecule has 0 bridgehead atoms. The second-order valence-corrected chi connectivity index (χ2v) is 7.60. The summed E-state index contributed by atoms with van der Waals surface area (Å²) >= 11 is 0. The Morgan fingerprint density at radius 1 is 1.19 bits per heavy atom. The van der Waals surface area contributed by atoms with E-state index in [2.05, 4.69) is 4.90 Å². The number of nitrogens with zero attached hydrogens (tertiary/aromatic N) is 2. The SMILES string of the molecule is O=S(=O)(c1cccc(F)c1)N1C[C@@H](O)[C@H](N2CCCC2)C1. The Balaban J connectivity index is 1.81. The van der Waals surface area contributed by atoms with Crippen molar-refractivity contribution >= 4 is 10.0 Å². The molecule has 5 nitrogen and oxygen atoms in total. The summed E-state index contributed by atoms with van der Waals surface area (Å²) in [5.41, 5.74) is 0. The molecule has 0 spiro atoms. The van der Waals surface area contributed by atoms with E-state index in [-0.39, 0.29) is 24.0 Å². The van der Waals surface area contributed by atoms with E-state index < -0.39 is 21.9 Å². The van der Waals surface area contributed by atoms with Crippen molar-refractivity contribution in [2.75, 3.05) is 26.2 Å². The fourth-order valence-corrected chi connectivity index (χ4v) is 4.65. The maximum atomic E-state index is 13.2. The summed E-state index contributed by atoms with van der Waals surface area (Å²) in [6.45, 7) is 2.13. The van der Waals surface area contributed by atoms with Crippen LogP contribution in [0.1, 0.15) is 12.8 Å². The smallest absolute Gasteiger partial charge is 0.243 e. The van der Waals surface area contributed by atoms with E-state index in [9.17, 15) is 17.9 Å². The van der Waals surface area contributed by atoms with E-state index in [4.69, 9.17) is 0 Å². The van der Waals surface area contributed by atoms with Crippen LogP contribution in [0.2, 0.25) is 0 Å². The molecule has 0 unspecified atom stereocenters. The molecule has 2 atom stereocenters. The Bertz CT molecular complexity index is 616. The minimum absolute atomic E-state index is 0.0585. The quantitative estimate of drug-likeness (QED) is 0.890. The molecule has 21 heavy (non-hydrogen) atoms. The van der Waals surface area contributed by atoms with Crippen molar-refractivity contribution in [3.8, 4) is 0 Å². The highest BCUT2D eigenvalue weighted by atomic mass is 32.2. The first-order valence-electron chi connectivity index (χ1n) is 7.16. The molecule has 0 radical (unpaired) electrons. The Labute approximate surface area is 124 Å². The number of aliphatic hydroxyl groups excluding tert-OH is 1. The first-order valence-corrected chi connectivity index (χ1v) is 8.60. The summed E-state index contributed by atoms with van der Waals surface area (Å²) in [5, 5.41) is 10.2. The van der Waals surface area contributed by atoms with Crippen LogP contribution in [0.5, 0.6) is 0 Å². The van der Waals surface area contributed by atoms with Gasteiger partial charge in [0.2, 0.25) is 10.0 Å². The lowest BCUT2D eigenvalue weighted by molar-refractivity contribution is 0.0983. The third-order valence-corrected chi connectivity index (χ3v) is 6.10. The third-order valence-electron chi connectivity index (χ3n) is 4.27. The van der Waals surface area contributed by atoms with E-state index in [0.29, 0.717) is 0 Å². The van der Waals surface area contributed by atoms with Gasteiger partial charge in [0.05, 0.1) is 17.0 Å². The van der Waals surface area contributed by atoms with Crippen molar-refractivity contribution in [3.05, 3.63) is 30.1 Å². The highest BCUT2D eigenvalue weighted by Crippen LogP contribution is 2.26. The van der Waals surface area contributed by atoms with Gasteiger partial charge in [0.25, 0.3) is 0 Å². The molecule has 0 amide bonds. The zero-order valence-corrected chi connectivity index (χ0v) is 12.5. The molecule has 2 saturated heterocycles. The number of benzene rings is 1. The van der Waals surface area contributed by atoms with Crippen molar-refractivity contribution in [1.82, 2.24) is 9.21 Å². The van der Waals surface area contributed by atoms with Crippen LogP contribution in [0.3, 0.4) is 0 Å². The number of halogens is 1. The van der Waals surface area contributed by atoms with Crippen molar-refractivity contribution < 1.29 is 17.9 Å². The molecule has 7 heteroatoms. The Morgan fingerprint density at radius 3 is 2.57 bits per heavy atom. The summed E-state index contributed by atoms with van der Waals surface area (Å²) in [4.78, 5) is 2.09. The lowest BCUT2D eigenvalue weighted by Gasteiger charge is -2.25. The van der Waals surface area contributed by atoms with E-state index in [1.54, 1.807) is 0 Å². The fraction of sp³-hybridized carbons (Fsp3) is 0.571. The molecule has 2 heterocycles. The first kappa shape index (κ1) is 14.9. The molecule has 2 fully saturated rings. The van der Waals surface area contributed by atoms with Gasteiger partial charge >= 0.3 is 0 Å². The standard InChI is InChI=1S/C14H19FN2O3S/c15-11-4-3-5-12(8-11)21(19,20)17-9-13(14(18)10-17)16-6-1-2-7-16/h3-5,8,13-14,18H,1-2,6-7,9-10H2/t13-,14-/m1/s1. The molecule has 0 aliphatic carbocycles. The van der Waals surface area contributed by atoms with Crippen LogP contribution in [0.25, 0.3) is 0 Å². The van der Waals surface area contributed by atoms with Crippen LogP contribution in [-0.2, 0) is 10.0 Å². The molecule has 2 aliphatic rings. The summed E-state index contributed by atoms with van der Waals surface area (Å²) < 4.78 is 39.5. The van der Waals surface area contributed by atoms with Crippen LogP contribution < -0.4 is 0 Å². The number of β-amino-alcohol motifs (C(OH)–C–C–N with tert-alkyl or cyclic N) is 1. The largest absolute Gasteiger partial charge is 0.390 e. The van der Waals surface area contributed by atoms with E-state index in [1.165, 1.54) is 22.5 Å². The van der Waals surface area contributed by atoms with Crippen LogP contribution in [0, 0.1) is 5.82 Å². The van der Waals surface area contributed by atoms with Gasteiger partial charge in [-0.05, 0) is 44.1 Å². The maximum Gasteiger partial charge on any atom is 0.243 e. The van der Waals surface area contributed by atoms with Crippen LogP contribution in [0.4, 0.5) is 4.39 Å². The number of likely N-dealkylation sites (tertiary alicyclic amines) is 1. The molecular formula is C14H19FN2O3S. The molecule has 1 aromatic rings. The van der Waals surface area contributed by atoms with Gasteiger partial charge in [-0.1, -0.05) is 6.07 Å². The van der Waals surface area contributed by atoms with Gasteiger partial charge < -0.3 is 5.11 Å². The van der Waals surface area contributed by atoms with Gasteiger partial charge in [0.15, 0.2) is 0 Å². The highest BCUT2D eigenvalue weighted by Gasteiger charge is 2.41. The van der Waals surface area contributed by atoms with E-state index in [0.717, 1.165) is 32.0 Å². The molecule has 1 N–H and O–H groups in total. The van der Waals surface area contributed by atoms with Crippen LogP contribution >= 0.6 is 0 Å². The zero-order chi connectivity index (χ0) is 15.0. The minimum Gasteiger partial charge on any atom is -0.390 e. The predicted molar refractivity (Wildman–Crippen MR) is 75.8 cm³/mol. The lowest BCUT2D eigenvalue weighted by atomic mass is 10.2. The number of hydrogen-bond acceptors (Lipinski definition) is 4. The molecular weight excluding hydrogens is 295 g/mol. The third kappa shape index (κ3) is 2.83. The Kier molecular flexibility index (Phi) is 4.00. The summed E-state index contributed by atoms with van der Waals surface area (Å²) in [5.74, 6) is -0.577. The average molecular weight is 314 g/mol. The van der Waals surface area contributed by atoms with Crippen molar-refractivity contribution in [3.63, 3.8) is 0 Å². The Morgan fingerprint density at radius 2 is 1.90 bits per heavy atom. The zero-order valence-electron chi connectivity index (χ0n) is 11.7. The summed E-state index contributed by atoms with van der Waals surface area (Å²) in [6.07, 6.45) is 1.48. The Hall–Kier alpha value is -1.02. The monoisotopic (exact) mass is 314 g/mol. The molecule has 0 saturated carbocycles. The molecule has 3 rings (SSSR count). The highest BCUT2D eigenvalue weighted by molar-refractivity contribution is 7.89. The van der Waals surface area contributed by atoms with E-state index in [1.807, 2.05) is 0 Å². The normalized spacial score (nSPS) is 28.3. The first-order chi connectivity index (χ1) is 9.98. The van der Waals surface area contributed by atoms with Crippen molar-refractivity contribution in [2.45, 2.75) is 29.9 Å². The van der Waals surface area contributed by atoms with E-state index >= 15 is 0 Å². The number of sulfonamides is 1. The molecule has 2 aliphatic heterocycles. The van der Waals surface area contributed by atoms with Gasteiger partial charge in [-0.3, -0.25) is 4.90 Å². The summed E-state index contributed by atoms with van der Waals surface area (Å²) in [7, 11) is -3.75. The minimum atomic E-state index is -3.75. The topological polar surface area (TPSA) is 60.9 Å². The van der Waals surface area contributed by atoms with Gasteiger partial charge in [0.1, 0.15) is 5.82 Å². The van der Waals surface area contributed by atoms with Gasteiger partial charge in [-0.15, -0.1) is 0 Å². The van der Waals surface area contributed by atoms with Crippen molar-refractivity contribution in [2.24, 2.45) is 0 Å². The number of aliphatic hydroxyl groups is 1. The number of rotatable bonds is 3. The fourth-order valence-electron chi connectivity index (χ4n) is 3.14. The van der Waals surface area contributed by atoms with Gasteiger partial charge in [0, 0.05) is 13.1 Å². The number of hydrogen-bond donors (Lipinski definition) is 1. The van der Waals surface area contributed by atoms with Crippen molar-refractivity contribution in [1.29, 1.82) is 0 Å². The van der Waals surface area contributed by atoms with Crippen LogP contribution in [-0.4, -0.2) is 61.1 Å². The lowest BCUT2D eigenvalue weighted by Crippen LogP contribution is -2.41. The molecule has 0 aromatic heterocycles. The average Bonchev–Trinajstić information content (AvgIpc) is 3.07.